The van der Waals surface area contributed by atoms with E-state index in [0.29, 0.717) is 11.8 Å². The zero-order valence-electron chi connectivity index (χ0n) is 15.3. The fourth-order valence-electron chi connectivity index (χ4n) is 4.73. The number of hydrogen-bond acceptors (Lipinski definition) is 2. The molecular weight excluding hydrogens is 325 g/mol. The lowest BCUT2D eigenvalue weighted by atomic mass is 9.79. The Morgan fingerprint density at radius 1 is 1.08 bits per heavy atom. The number of morpholine rings is 1. The minimum absolute atomic E-state index is 0.146. The predicted octanol–water partition coefficient (Wildman–Crippen LogP) is 4.83. The van der Waals surface area contributed by atoms with Crippen LogP contribution in [0.5, 0.6) is 0 Å². The van der Waals surface area contributed by atoms with E-state index in [9.17, 15) is 4.39 Å². The van der Waals surface area contributed by atoms with E-state index in [4.69, 9.17) is 4.74 Å². The zero-order valence-corrected chi connectivity index (χ0v) is 15.3. The first-order valence-corrected chi connectivity index (χ1v) is 9.97. The molecule has 0 amide bonds. The topological polar surface area (TPSA) is 21.3 Å². The lowest BCUT2D eigenvalue weighted by Gasteiger charge is -2.35. The molecule has 2 unspecified atom stereocenters. The van der Waals surface area contributed by atoms with Crippen molar-refractivity contribution in [1.82, 2.24) is 5.32 Å². The van der Waals surface area contributed by atoms with Gasteiger partial charge in [-0.1, -0.05) is 62.1 Å². The number of nitrogens with one attached hydrogen (secondary N) is 1. The average Bonchev–Trinajstić information content (AvgIpc) is 3.22. The summed E-state index contributed by atoms with van der Waals surface area (Å²) in [6.07, 6.45) is 6.31. The van der Waals surface area contributed by atoms with Gasteiger partial charge in [-0.05, 0) is 47.1 Å². The van der Waals surface area contributed by atoms with Gasteiger partial charge in [0.25, 0.3) is 0 Å². The maximum absolute atomic E-state index is 14.1. The molecule has 4 rings (SSSR count). The molecule has 0 radical (unpaired) electrons. The van der Waals surface area contributed by atoms with Crippen LogP contribution in [0, 0.1) is 17.7 Å². The first kappa shape index (κ1) is 17.7. The van der Waals surface area contributed by atoms with E-state index < -0.39 is 0 Å². The van der Waals surface area contributed by atoms with Crippen LogP contribution >= 0.6 is 0 Å². The molecule has 0 aromatic heterocycles. The van der Waals surface area contributed by atoms with Crippen LogP contribution in [-0.2, 0) is 11.2 Å². The molecule has 138 valence electrons. The molecule has 0 spiro atoms. The summed E-state index contributed by atoms with van der Waals surface area (Å²) in [5.74, 6) is 0.994. The highest BCUT2D eigenvalue weighted by molar-refractivity contribution is 5.67. The summed E-state index contributed by atoms with van der Waals surface area (Å²) in [6, 6.07) is 15.6. The second-order valence-corrected chi connectivity index (χ2v) is 7.69. The van der Waals surface area contributed by atoms with Crippen molar-refractivity contribution in [2.45, 2.75) is 38.2 Å². The zero-order chi connectivity index (χ0) is 17.8. The number of rotatable bonds is 5. The van der Waals surface area contributed by atoms with E-state index in [1.165, 1.54) is 25.7 Å². The molecule has 0 bridgehead atoms. The van der Waals surface area contributed by atoms with E-state index in [-0.39, 0.29) is 11.9 Å². The molecule has 1 saturated heterocycles. The van der Waals surface area contributed by atoms with Gasteiger partial charge >= 0.3 is 0 Å². The third kappa shape index (κ3) is 3.99. The second kappa shape index (κ2) is 8.32. The number of ether oxygens (including phenoxy) is 1. The first-order valence-electron chi connectivity index (χ1n) is 9.97. The molecule has 2 aromatic carbocycles. The summed E-state index contributed by atoms with van der Waals surface area (Å²) in [5.41, 5.74) is 3.43. The Kier molecular flexibility index (Phi) is 5.66. The maximum atomic E-state index is 14.1. The van der Waals surface area contributed by atoms with Crippen LogP contribution in [0.2, 0.25) is 0 Å². The lowest BCUT2D eigenvalue weighted by Crippen LogP contribution is -2.45. The minimum atomic E-state index is -0.146. The normalized spacial score (nSPS) is 22.4. The van der Waals surface area contributed by atoms with Crippen molar-refractivity contribution < 1.29 is 9.13 Å². The highest BCUT2D eigenvalue weighted by Crippen LogP contribution is 2.38. The summed E-state index contributed by atoms with van der Waals surface area (Å²) >= 11 is 0. The van der Waals surface area contributed by atoms with Gasteiger partial charge in [0.05, 0.1) is 12.7 Å². The highest BCUT2D eigenvalue weighted by Gasteiger charge is 2.33. The van der Waals surface area contributed by atoms with Crippen molar-refractivity contribution in [1.29, 1.82) is 0 Å². The van der Waals surface area contributed by atoms with Gasteiger partial charge in [0.2, 0.25) is 0 Å². The maximum Gasteiger partial charge on any atom is 0.123 e. The minimum Gasteiger partial charge on any atom is -0.375 e. The van der Waals surface area contributed by atoms with Crippen molar-refractivity contribution >= 4 is 0 Å². The van der Waals surface area contributed by atoms with Crippen molar-refractivity contribution in [2.24, 2.45) is 11.8 Å². The average molecular weight is 353 g/mol. The highest BCUT2D eigenvalue weighted by atomic mass is 19.1. The number of halogens is 1. The van der Waals surface area contributed by atoms with Crippen LogP contribution in [0.4, 0.5) is 4.39 Å². The first-order chi connectivity index (χ1) is 12.8. The predicted molar refractivity (Wildman–Crippen MR) is 104 cm³/mol. The van der Waals surface area contributed by atoms with E-state index in [1.807, 2.05) is 24.3 Å². The second-order valence-electron chi connectivity index (χ2n) is 7.69. The Balaban J connectivity index is 1.65. The number of hydrogen-bond donors (Lipinski definition) is 1. The Hall–Kier alpha value is -1.71. The largest absolute Gasteiger partial charge is 0.375 e. The molecule has 1 heterocycles. The lowest BCUT2D eigenvalue weighted by molar-refractivity contribution is -0.0257. The van der Waals surface area contributed by atoms with E-state index in [2.05, 4.69) is 17.4 Å². The third-order valence-electron chi connectivity index (χ3n) is 6.05. The summed E-state index contributed by atoms with van der Waals surface area (Å²) < 4.78 is 20.2. The summed E-state index contributed by atoms with van der Waals surface area (Å²) in [6.45, 7) is 2.63. The van der Waals surface area contributed by atoms with E-state index >= 15 is 0 Å². The summed E-state index contributed by atoms with van der Waals surface area (Å²) in [7, 11) is 0. The quantitative estimate of drug-likeness (QED) is 0.831. The van der Waals surface area contributed by atoms with Gasteiger partial charge < -0.3 is 10.1 Å². The fraction of sp³-hybridized carbons (Fsp3) is 0.478. The monoisotopic (exact) mass is 353 g/mol. The number of benzene rings is 2. The van der Waals surface area contributed by atoms with Gasteiger partial charge in [0.1, 0.15) is 5.82 Å². The standard InChI is InChI=1S/C23H28FNO/c24-20-10-11-21(17-6-2-1-3-7-17)19(14-20)15-22(18-8-4-5-9-18)23-16-25-12-13-26-23/h1-3,6-7,10-11,14,18,22-23,25H,4-5,8-9,12-13,15-16H2. The van der Waals surface area contributed by atoms with E-state index in [1.54, 1.807) is 12.1 Å². The molecule has 2 fully saturated rings. The molecule has 2 aromatic rings. The van der Waals surface area contributed by atoms with Gasteiger partial charge in [-0.25, -0.2) is 4.39 Å². The van der Waals surface area contributed by atoms with Crippen LogP contribution in [-0.4, -0.2) is 25.8 Å². The Labute approximate surface area is 155 Å². The van der Waals surface area contributed by atoms with Crippen molar-refractivity contribution in [3.8, 4) is 11.1 Å². The molecule has 3 heteroatoms. The van der Waals surface area contributed by atoms with Gasteiger partial charge in [0, 0.05) is 13.1 Å². The summed E-state index contributed by atoms with van der Waals surface area (Å²) in [5, 5.41) is 3.48. The SMILES string of the molecule is Fc1ccc(-c2ccccc2)c(CC(C2CCCC2)C2CNCCO2)c1. The smallest absolute Gasteiger partial charge is 0.123 e. The molecule has 26 heavy (non-hydrogen) atoms. The van der Waals surface area contributed by atoms with Crippen LogP contribution in [0.1, 0.15) is 31.2 Å². The van der Waals surface area contributed by atoms with Crippen LogP contribution in [0.25, 0.3) is 11.1 Å². The van der Waals surface area contributed by atoms with Gasteiger partial charge in [-0.3, -0.25) is 0 Å². The fourth-order valence-corrected chi connectivity index (χ4v) is 4.73. The molecule has 2 nitrogen and oxygen atoms in total. The van der Waals surface area contributed by atoms with Gasteiger partial charge in [-0.15, -0.1) is 0 Å². The van der Waals surface area contributed by atoms with E-state index in [0.717, 1.165) is 42.8 Å². The van der Waals surface area contributed by atoms with Crippen molar-refractivity contribution in [2.75, 3.05) is 19.7 Å². The molecule has 1 N–H and O–H groups in total. The summed E-state index contributed by atoms with van der Waals surface area (Å²) in [4.78, 5) is 0. The van der Waals surface area contributed by atoms with Gasteiger partial charge in [-0.2, -0.15) is 0 Å². The van der Waals surface area contributed by atoms with Crippen molar-refractivity contribution in [3.63, 3.8) is 0 Å². The molecular formula is C23H28FNO. The van der Waals surface area contributed by atoms with Crippen LogP contribution in [0.3, 0.4) is 0 Å². The molecule has 1 aliphatic carbocycles. The van der Waals surface area contributed by atoms with Crippen LogP contribution in [0.15, 0.2) is 48.5 Å². The van der Waals surface area contributed by atoms with Gasteiger partial charge in [0.15, 0.2) is 0 Å². The molecule has 2 aliphatic rings. The molecule has 1 saturated carbocycles. The Bertz CT molecular complexity index is 705. The molecule has 2 atom stereocenters. The third-order valence-corrected chi connectivity index (χ3v) is 6.05. The van der Waals surface area contributed by atoms with Crippen LogP contribution < -0.4 is 5.32 Å². The molecule has 1 aliphatic heterocycles. The Morgan fingerprint density at radius 3 is 2.62 bits per heavy atom. The van der Waals surface area contributed by atoms with Crippen molar-refractivity contribution in [3.05, 3.63) is 59.9 Å². The Morgan fingerprint density at radius 2 is 1.88 bits per heavy atom.